The van der Waals surface area contributed by atoms with Gasteiger partial charge in [-0.25, -0.2) is 9.38 Å². The topological polar surface area (TPSA) is 80.7 Å². The summed E-state index contributed by atoms with van der Waals surface area (Å²) in [5, 5.41) is 1.45. The van der Waals surface area contributed by atoms with E-state index in [1.54, 1.807) is 23.1 Å². The number of carbonyl (C=O) groups is 2. The van der Waals surface area contributed by atoms with Crippen molar-refractivity contribution in [3.8, 4) is 0 Å². The lowest BCUT2D eigenvalue weighted by Crippen LogP contribution is -2.40. The molecule has 2 fully saturated rings. The van der Waals surface area contributed by atoms with Gasteiger partial charge in [0.25, 0.3) is 5.91 Å². The molecule has 2 heterocycles. The van der Waals surface area contributed by atoms with Gasteiger partial charge in [-0.15, -0.1) is 0 Å². The Kier molecular flexibility index (Phi) is 6.47. The number of benzene rings is 2. The van der Waals surface area contributed by atoms with Crippen molar-refractivity contribution in [1.29, 1.82) is 0 Å². The van der Waals surface area contributed by atoms with E-state index in [1.807, 2.05) is 41.8 Å². The van der Waals surface area contributed by atoms with Crippen molar-refractivity contribution in [2.24, 2.45) is 10.7 Å². The molecule has 0 radical (unpaired) electrons. The van der Waals surface area contributed by atoms with Gasteiger partial charge in [-0.1, -0.05) is 49.6 Å². The number of aliphatic imine (C=N–C) groups is 1. The molecule has 35 heavy (non-hydrogen) atoms. The van der Waals surface area contributed by atoms with Gasteiger partial charge in [0.05, 0.1) is 4.91 Å². The van der Waals surface area contributed by atoms with Crippen LogP contribution in [-0.2, 0) is 16.1 Å². The van der Waals surface area contributed by atoms with Crippen LogP contribution in [0.1, 0.15) is 43.4 Å². The van der Waals surface area contributed by atoms with Crippen molar-refractivity contribution in [2.45, 2.75) is 51.6 Å². The van der Waals surface area contributed by atoms with Crippen LogP contribution in [0.15, 0.2) is 58.4 Å². The Bertz CT molecular complexity index is 1370. The van der Waals surface area contributed by atoms with Gasteiger partial charge in [-0.2, -0.15) is 0 Å². The number of primary amides is 1. The molecule has 0 bridgehead atoms. The van der Waals surface area contributed by atoms with Crippen LogP contribution in [0.3, 0.4) is 0 Å². The van der Waals surface area contributed by atoms with Crippen LogP contribution in [0.4, 0.5) is 10.1 Å². The second kappa shape index (κ2) is 9.70. The largest absolute Gasteiger partial charge is 0.368 e. The van der Waals surface area contributed by atoms with Gasteiger partial charge in [-0.05, 0) is 55.8 Å². The van der Waals surface area contributed by atoms with Gasteiger partial charge in [0, 0.05) is 28.2 Å². The van der Waals surface area contributed by atoms with E-state index in [0.29, 0.717) is 10.1 Å². The van der Waals surface area contributed by atoms with E-state index in [0.717, 1.165) is 54.3 Å². The number of amidine groups is 1. The molecule has 180 valence electrons. The summed E-state index contributed by atoms with van der Waals surface area (Å²) >= 11 is 1.28. The van der Waals surface area contributed by atoms with E-state index in [9.17, 15) is 14.0 Å². The molecule has 1 aromatic heterocycles. The zero-order valence-corrected chi connectivity index (χ0v) is 20.4. The SMILES string of the molecule is Cc1c(/C=C2\SC(=Nc3ccccc3F)N(C3CCCCC3)C2=O)c2ccccc2n1CC(N)=O. The normalized spacial score (nSPS) is 19.4. The molecule has 3 aromatic rings. The summed E-state index contributed by atoms with van der Waals surface area (Å²) in [6.07, 6.45) is 6.98. The number of carbonyl (C=O) groups excluding carboxylic acids is 2. The van der Waals surface area contributed by atoms with Gasteiger partial charge in [0.2, 0.25) is 5.91 Å². The lowest BCUT2D eigenvalue weighted by atomic mass is 9.94. The highest BCUT2D eigenvalue weighted by Crippen LogP contribution is 2.40. The molecule has 1 aliphatic carbocycles. The molecule has 1 saturated heterocycles. The zero-order valence-electron chi connectivity index (χ0n) is 19.5. The molecule has 0 atom stereocenters. The fourth-order valence-corrected chi connectivity index (χ4v) is 6.04. The summed E-state index contributed by atoms with van der Waals surface area (Å²) in [5.41, 5.74) is 8.33. The molecule has 5 rings (SSSR count). The Labute approximate surface area is 207 Å². The Balaban J connectivity index is 1.60. The molecular formula is C27H27FN4O2S. The zero-order chi connectivity index (χ0) is 24.5. The highest BCUT2D eigenvalue weighted by atomic mass is 32.2. The van der Waals surface area contributed by atoms with Gasteiger partial charge in [-0.3, -0.25) is 14.5 Å². The minimum atomic E-state index is -0.429. The summed E-state index contributed by atoms with van der Waals surface area (Å²) in [6.45, 7) is 1.98. The maximum atomic E-state index is 14.4. The van der Waals surface area contributed by atoms with Crippen molar-refractivity contribution < 1.29 is 14.0 Å². The summed E-state index contributed by atoms with van der Waals surface area (Å²) < 4.78 is 16.3. The number of hydrogen-bond acceptors (Lipinski definition) is 4. The number of aromatic nitrogens is 1. The molecule has 1 saturated carbocycles. The van der Waals surface area contributed by atoms with Crippen molar-refractivity contribution in [1.82, 2.24) is 9.47 Å². The molecule has 2 amide bonds. The van der Waals surface area contributed by atoms with Crippen LogP contribution in [0.5, 0.6) is 0 Å². The molecule has 0 unspecified atom stereocenters. The second-order valence-electron chi connectivity index (χ2n) is 8.99. The third-order valence-corrected chi connectivity index (χ3v) is 7.70. The first kappa shape index (κ1) is 23.4. The monoisotopic (exact) mass is 490 g/mol. The van der Waals surface area contributed by atoms with Crippen LogP contribution in [0, 0.1) is 12.7 Å². The molecule has 2 aromatic carbocycles. The van der Waals surface area contributed by atoms with E-state index in [-0.39, 0.29) is 24.2 Å². The lowest BCUT2D eigenvalue weighted by molar-refractivity contribution is -0.124. The van der Waals surface area contributed by atoms with Gasteiger partial charge in [0.1, 0.15) is 18.0 Å². The molecule has 0 spiro atoms. The Morgan fingerprint density at radius 3 is 2.60 bits per heavy atom. The van der Waals surface area contributed by atoms with E-state index in [4.69, 9.17) is 5.73 Å². The minimum absolute atomic E-state index is 0.0532. The standard InChI is InChI=1S/C27H27FN4O2S/c1-17-20(19-11-5-8-14-23(19)31(17)16-25(29)33)15-24-26(34)32(18-9-3-2-4-10-18)27(35-24)30-22-13-7-6-12-21(22)28/h5-8,11-15,18H,2-4,9-10,16H2,1H3,(H2,29,33)/b24-15-,30-27?. The number of fused-ring (bicyclic) bond motifs is 1. The first-order valence-corrected chi connectivity index (χ1v) is 12.7. The van der Waals surface area contributed by atoms with E-state index in [2.05, 4.69) is 4.99 Å². The van der Waals surface area contributed by atoms with Crippen LogP contribution in [0.2, 0.25) is 0 Å². The summed E-state index contributed by atoms with van der Waals surface area (Å²) in [7, 11) is 0. The van der Waals surface area contributed by atoms with Crippen LogP contribution in [-0.4, -0.2) is 32.5 Å². The predicted molar refractivity (Wildman–Crippen MR) is 139 cm³/mol. The molecule has 2 N–H and O–H groups in total. The molecule has 6 nitrogen and oxygen atoms in total. The number of nitrogens with zero attached hydrogens (tertiary/aromatic N) is 3. The Morgan fingerprint density at radius 2 is 1.86 bits per heavy atom. The van der Waals surface area contributed by atoms with Crippen LogP contribution in [0.25, 0.3) is 17.0 Å². The molecular weight excluding hydrogens is 463 g/mol. The number of para-hydroxylation sites is 2. The average molecular weight is 491 g/mol. The summed E-state index contributed by atoms with van der Waals surface area (Å²) in [5.74, 6) is -0.954. The van der Waals surface area contributed by atoms with Crippen LogP contribution >= 0.6 is 11.8 Å². The van der Waals surface area contributed by atoms with Crippen molar-refractivity contribution in [3.05, 3.63) is 70.5 Å². The number of halogens is 1. The Hall–Kier alpha value is -3.39. The van der Waals surface area contributed by atoms with E-state index in [1.165, 1.54) is 17.8 Å². The fraction of sp³-hybridized carbons (Fsp3) is 0.296. The third kappa shape index (κ3) is 4.50. The van der Waals surface area contributed by atoms with Crippen molar-refractivity contribution >= 4 is 51.4 Å². The predicted octanol–water partition coefficient (Wildman–Crippen LogP) is 5.51. The van der Waals surface area contributed by atoms with Crippen LogP contribution < -0.4 is 5.73 Å². The fourth-order valence-electron chi connectivity index (χ4n) is 5.00. The summed E-state index contributed by atoms with van der Waals surface area (Å²) in [6, 6.07) is 14.2. The quantitative estimate of drug-likeness (QED) is 0.479. The van der Waals surface area contributed by atoms with Crippen molar-refractivity contribution in [3.63, 3.8) is 0 Å². The second-order valence-corrected chi connectivity index (χ2v) is 10.0. The average Bonchev–Trinajstić information content (AvgIpc) is 3.30. The molecule has 2 aliphatic rings. The van der Waals surface area contributed by atoms with E-state index < -0.39 is 11.7 Å². The van der Waals surface area contributed by atoms with Crippen molar-refractivity contribution in [2.75, 3.05) is 0 Å². The highest BCUT2D eigenvalue weighted by Gasteiger charge is 2.39. The first-order chi connectivity index (χ1) is 16.9. The summed E-state index contributed by atoms with van der Waals surface area (Å²) in [4.78, 5) is 32.3. The number of thioether (sulfide) groups is 1. The Morgan fingerprint density at radius 1 is 1.14 bits per heavy atom. The minimum Gasteiger partial charge on any atom is -0.368 e. The molecule has 8 heteroatoms. The maximum Gasteiger partial charge on any atom is 0.267 e. The number of amides is 2. The highest BCUT2D eigenvalue weighted by molar-refractivity contribution is 8.18. The van der Waals surface area contributed by atoms with Gasteiger partial charge < -0.3 is 10.3 Å². The van der Waals surface area contributed by atoms with Gasteiger partial charge >= 0.3 is 0 Å². The van der Waals surface area contributed by atoms with Gasteiger partial charge in [0.15, 0.2) is 5.17 Å². The maximum absolute atomic E-state index is 14.4. The number of nitrogens with two attached hydrogens (primary N) is 1. The molecule has 1 aliphatic heterocycles. The third-order valence-electron chi connectivity index (χ3n) is 6.71. The van der Waals surface area contributed by atoms with E-state index >= 15 is 0 Å². The first-order valence-electron chi connectivity index (χ1n) is 11.9. The lowest BCUT2D eigenvalue weighted by Gasteiger charge is -2.30. The smallest absolute Gasteiger partial charge is 0.267 e. The number of rotatable bonds is 5. The number of hydrogen-bond donors (Lipinski definition) is 1.